The lowest BCUT2D eigenvalue weighted by atomic mass is 9.83. The molecule has 0 aromatic rings. The van der Waals surface area contributed by atoms with E-state index in [1.54, 1.807) is 0 Å². The van der Waals surface area contributed by atoms with E-state index < -0.39 is 0 Å². The van der Waals surface area contributed by atoms with Crippen LogP contribution in [-0.2, 0) is 0 Å². The average molecular weight is 253 g/mol. The van der Waals surface area contributed by atoms with Crippen molar-refractivity contribution in [3.63, 3.8) is 0 Å². The smallest absolute Gasteiger partial charge is 0.0693 e. The van der Waals surface area contributed by atoms with Crippen molar-refractivity contribution in [1.82, 2.24) is 5.32 Å². The molecule has 2 heteroatoms. The van der Waals surface area contributed by atoms with Gasteiger partial charge >= 0.3 is 0 Å². The number of nitrogens with one attached hydrogen (secondary N) is 1. The average Bonchev–Trinajstić information content (AvgIpc) is 2.58. The molecule has 0 aromatic heterocycles. The second-order valence-corrected chi connectivity index (χ2v) is 6.48. The van der Waals surface area contributed by atoms with Gasteiger partial charge in [0, 0.05) is 12.1 Å². The van der Waals surface area contributed by atoms with Crippen LogP contribution in [0, 0.1) is 5.92 Å². The predicted octanol–water partition coefficient (Wildman–Crippen LogP) is 3.63. The number of hydrogen-bond donors (Lipinski definition) is 2. The molecule has 0 aromatic carbocycles. The molecule has 2 fully saturated rings. The molecule has 0 spiro atoms. The van der Waals surface area contributed by atoms with Crippen molar-refractivity contribution in [2.45, 2.75) is 95.7 Å². The summed E-state index contributed by atoms with van der Waals surface area (Å²) >= 11 is 0. The summed E-state index contributed by atoms with van der Waals surface area (Å²) in [7, 11) is 0. The van der Waals surface area contributed by atoms with Crippen molar-refractivity contribution >= 4 is 0 Å². The number of aliphatic hydroxyl groups is 1. The van der Waals surface area contributed by atoms with Crippen molar-refractivity contribution in [3.05, 3.63) is 0 Å². The van der Waals surface area contributed by atoms with Gasteiger partial charge in [-0.3, -0.25) is 0 Å². The fourth-order valence-electron chi connectivity index (χ4n) is 3.81. The van der Waals surface area contributed by atoms with Crippen molar-refractivity contribution in [2.75, 3.05) is 0 Å². The Bertz CT molecular complexity index is 223. The van der Waals surface area contributed by atoms with Gasteiger partial charge in [0.2, 0.25) is 0 Å². The Morgan fingerprint density at radius 3 is 2.39 bits per heavy atom. The summed E-state index contributed by atoms with van der Waals surface area (Å²) in [6.45, 7) is 2.30. The molecule has 2 aliphatic carbocycles. The molecule has 2 aliphatic rings. The first-order valence-corrected chi connectivity index (χ1v) is 8.23. The van der Waals surface area contributed by atoms with Gasteiger partial charge in [-0.1, -0.05) is 39.0 Å². The molecule has 0 radical (unpaired) electrons. The highest BCUT2D eigenvalue weighted by atomic mass is 16.3. The SMILES string of the molecule is CCCC1CCC(NC2CCCCCC2O)CC1. The van der Waals surface area contributed by atoms with Crippen molar-refractivity contribution in [3.8, 4) is 0 Å². The second kappa shape index (κ2) is 7.49. The number of rotatable bonds is 4. The van der Waals surface area contributed by atoms with Crippen LogP contribution in [-0.4, -0.2) is 23.3 Å². The Morgan fingerprint density at radius 1 is 0.944 bits per heavy atom. The molecule has 2 saturated carbocycles. The Balaban J connectivity index is 1.73. The summed E-state index contributed by atoms with van der Waals surface area (Å²) in [5, 5.41) is 13.9. The molecule has 0 heterocycles. The topological polar surface area (TPSA) is 32.3 Å². The molecule has 0 saturated heterocycles. The Morgan fingerprint density at radius 2 is 1.67 bits per heavy atom. The zero-order valence-electron chi connectivity index (χ0n) is 12.0. The van der Waals surface area contributed by atoms with E-state index in [4.69, 9.17) is 0 Å². The monoisotopic (exact) mass is 253 g/mol. The summed E-state index contributed by atoms with van der Waals surface area (Å²) in [4.78, 5) is 0. The first-order chi connectivity index (χ1) is 8.79. The molecular formula is C16H31NO. The maximum atomic E-state index is 10.2. The molecule has 2 rings (SSSR count). The quantitative estimate of drug-likeness (QED) is 0.750. The van der Waals surface area contributed by atoms with Gasteiger partial charge in [0.25, 0.3) is 0 Å². The summed E-state index contributed by atoms with van der Waals surface area (Å²) in [6.07, 6.45) is 14.1. The van der Waals surface area contributed by atoms with Crippen molar-refractivity contribution in [2.24, 2.45) is 5.92 Å². The fraction of sp³-hybridized carbons (Fsp3) is 1.00. The normalized spacial score (nSPS) is 38.3. The highest BCUT2D eigenvalue weighted by Crippen LogP contribution is 2.29. The predicted molar refractivity (Wildman–Crippen MR) is 76.7 cm³/mol. The van der Waals surface area contributed by atoms with Crippen LogP contribution < -0.4 is 5.32 Å². The molecule has 0 amide bonds. The second-order valence-electron chi connectivity index (χ2n) is 6.48. The third-order valence-corrected chi connectivity index (χ3v) is 4.97. The Labute approximate surface area is 113 Å². The van der Waals surface area contributed by atoms with Crippen LogP contribution >= 0.6 is 0 Å². The molecule has 2 atom stereocenters. The van der Waals surface area contributed by atoms with Crippen LogP contribution in [0.3, 0.4) is 0 Å². The van der Waals surface area contributed by atoms with Gasteiger partial charge in [-0.2, -0.15) is 0 Å². The van der Waals surface area contributed by atoms with E-state index >= 15 is 0 Å². The molecule has 2 nitrogen and oxygen atoms in total. The van der Waals surface area contributed by atoms with Gasteiger partial charge in [-0.25, -0.2) is 0 Å². The highest BCUT2D eigenvalue weighted by Gasteiger charge is 2.26. The largest absolute Gasteiger partial charge is 0.392 e. The molecular weight excluding hydrogens is 222 g/mol. The van der Waals surface area contributed by atoms with E-state index in [2.05, 4.69) is 12.2 Å². The Hall–Kier alpha value is -0.0800. The van der Waals surface area contributed by atoms with Crippen LogP contribution in [0.2, 0.25) is 0 Å². The third-order valence-electron chi connectivity index (χ3n) is 4.97. The van der Waals surface area contributed by atoms with Gasteiger partial charge in [0.15, 0.2) is 0 Å². The van der Waals surface area contributed by atoms with E-state index in [-0.39, 0.29) is 6.10 Å². The number of hydrogen-bond acceptors (Lipinski definition) is 2. The van der Waals surface area contributed by atoms with E-state index in [0.29, 0.717) is 12.1 Å². The molecule has 18 heavy (non-hydrogen) atoms. The van der Waals surface area contributed by atoms with E-state index in [0.717, 1.165) is 12.3 Å². The fourth-order valence-corrected chi connectivity index (χ4v) is 3.81. The molecule has 0 aliphatic heterocycles. The highest BCUT2D eigenvalue weighted by molar-refractivity contribution is 4.85. The third kappa shape index (κ3) is 4.24. The van der Waals surface area contributed by atoms with E-state index in [1.165, 1.54) is 64.2 Å². The van der Waals surface area contributed by atoms with Crippen LogP contribution in [0.5, 0.6) is 0 Å². The minimum Gasteiger partial charge on any atom is -0.392 e. The zero-order valence-corrected chi connectivity index (χ0v) is 12.0. The molecule has 0 bridgehead atoms. The molecule has 106 valence electrons. The lowest BCUT2D eigenvalue weighted by Crippen LogP contribution is -2.46. The van der Waals surface area contributed by atoms with Crippen LogP contribution in [0.25, 0.3) is 0 Å². The number of aliphatic hydroxyl groups excluding tert-OH is 1. The minimum atomic E-state index is -0.0964. The van der Waals surface area contributed by atoms with Gasteiger partial charge < -0.3 is 10.4 Å². The van der Waals surface area contributed by atoms with Crippen LogP contribution in [0.15, 0.2) is 0 Å². The maximum Gasteiger partial charge on any atom is 0.0693 e. The standard InChI is InChI=1S/C16H31NO/c1-2-6-13-9-11-14(12-10-13)17-15-7-4-3-5-8-16(15)18/h13-18H,2-12H2,1H3. The van der Waals surface area contributed by atoms with Crippen LogP contribution in [0.1, 0.15) is 77.6 Å². The minimum absolute atomic E-state index is 0.0964. The molecule has 2 N–H and O–H groups in total. The summed E-state index contributed by atoms with van der Waals surface area (Å²) < 4.78 is 0. The lowest BCUT2D eigenvalue weighted by molar-refractivity contribution is 0.107. The lowest BCUT2D eigenvalue weighted by Gasteiger charge is -2.33. The van der Waals surface area contributed by atoms with Crippen molar-refractivity contribution in [1.29, 1.82) is 0 Å². The van der Waals surface area contributed by atoms with Gasteiger partial charge in [-0.05, 0) is 44.4 Å². The van der Waals surface area contributed by atoms with Gasteiger partial charge in [0.05, 0.1) is 6.10 Å². The summed E-state index contributed by atoms with van der Waals surface area (Å²) in [5.41, 5.74) is 0. The zero-order chi connectivity index (χ0) is 12.8. The first kappa shape index (κ1) is 14.3. The van der Waals surface area contributed by atoms with E-state index in [1.807, 2.05) is 0 Å². The first-order valence-electron chi connectivity index (χ1n) is 8.23. The summed E-state index contributed by atoms with van der Waals surface area (Å²) in [5.74, 6) is 0.979. The van der Waals surface area contributed by atoms with Crippen LogP contribution in [0.4, 0.5) is 0 Å². The maximum absolute atomic E-state index is 10.2. The van der Waals surface area contributed by atoms with Gasteiger partial charge in [0.1, 0.15) is 0 Å². The van der Waals surface area contributed by atoms with Gasteiger partial charge in [-0.15, -0.1) is 0 Å². The summed E-state index contributed by atoms with van der Waals surface area (Å²) in [6, 6.07) is 1.05. The van der Waals surface area contributed by atoms with Crippen molar-refractivity contribution < 1.29 is 5.11 Å². The Kier molecular flexibility index (Phi) is 5.97. The molecule has 2 unspecified atom stereocenters. The van der Waals surface area contributed by atoms with E-state index in [9.17, 15) is 5.11 Å².